The summed E-state index contributed by atoms with van der Waals surface area (Å²) in [6.45, 7) is 2.16. The second-order valence-electron chi connectivity index (χ2n) is 11.9. The van der Waals surface area contributed by atoms with E-state index in [1.807, 2.05) is 0 Å². The average molecular weight is 713 g/mol. The van der Waals surface area contributed by atoms with Crippen LogP contribution in [0.15, 0.2) is 73.0 Å². The third-order valence-electron chi connectivity index (χ3n) is 8.55. The van der Waals surface area contributed by atoms with Crippen molar-refractivity contribution in [2.75, 3.05) is 0 Å². The van der Waals surface area contributed by atoms with Crippen molar-refractivity contribution in [3.05, 3.63) is 118 Å². The number of benzene rings is 4. The van der Waals surface area contributed by atoms with Crippen LogP contribution in [-0.4, -0.2) is 6.43 Å². The summed E-state index contributed by atoms with van der Waals surface area (Å²) in [5.74, 6) is -7.22. The number of ether oxygens (including phenoxy) is 2. The van der Waals surface area contributed by atoms with Gasteiger partial charge in [0, 0.05) is 23.3 Å². The molecule has 49 heavy (non-hydrogen) atoms. The van der Waals surface area contributed by atoms with E-state index in [4.69, 9.17) is 11.6 Å². The van der Waals surface area contributed by atoms with Gasteiger partial charge in [0.1, 0.15) is 34.6 Å². The molecule has 0 amide bonds. The molecule has 0 heterocycles. The van der Waals surface area contributed by atoms with E-state index in [1.165, 1.54) is 24.6 Å². The second kappa shape index (κ2) is 15.2. The molecule has 0 aliphatic heterocycles. The van der Waals surface area contributed by atoms with Crippen molar-refractivity contribution in [2.45, 2.75) is 63.9 Å². The third-order valence-corrected chi connectivity index (χ3v) is 8.85. The topological polar surface area (TPSA) is 18.5 Å². The quantitative estimate of drug-likeness (QED) is 0.114. The summed E-state index contributed by atoms with van der Waals surface area (Å²) in [5, 5.41) is -0.358. The van der Waals surface area contributed by atoms with Crippen molar-refractivity contribution in [2.24, 2.45) is 5.92 Å². The second-order valence-corrected chi connectivity index (χ2v) is 12.3. The van der Waals surface area contributed by atoms with Crippen molar-refractivity contribution in [1.29, 1.82) is 0 Å². The molecule has 0 radical (unpaired) electrons. The maximum atomic E-state index is 15.4. The fourth-order valence-electron chi connectivity index (χ4n) is 6.22. The van der Waals surface area contributed by atoms with Gasteiger partial charge in [0.15, 0.2) is 11.6 Å². The van der Waals surface area contributed by atoms with E-state index >= 15 is 17.6 Å². The van der Waals surface area contributed by atoms with Crippen LogP contribution in [0.3, 0.4) is 0 Å². The van der Waals surface area contributed by atoms with Gasteiger partial charge in [-0.1, -0.05) is 43.5 Å². The Morgan fingerprint density at radius 1 is 0.796 bits per heavy atom. The SMILES string of the molecule is CCCC1CCC(c2ccc(-c3cc(F)c(-c4cc(F)c(C(F)(F)Oc5ccc(OC=CC(F)F)c(F)c5)c(F)c4)c(Cl)c3)c(F)c2)CC1. The van der Waals surface area contributed by atoms with Gasteiger partial charge < -0.3 is 9.47 Å². The van der Waals surface area contributed by atoms with Crippen LogP contribution in [0, 0.1) is 35.0 Å². The molecule has 260 valence electrons. The van der Waals surface area contributed by atoms with Crippen molar-refractivity contribution in [3.8, 4) is 33.8 Å². The number of rotatable bonds is 11. The van der Waals surface area contributed by atoms with Crippen LogP contribution in [0.25, 0.3) is 22.3 Å². The van der Waals surface area contributed by atoms with E-state index in [-0.39, 0.29) is 22.1 Å². The molecule has 5 rings (SSSR count). The summed E-state index contributed by atoms with van der Waals surface area (Å²) >= 11 is 6.31. The lowest BCUT2D eigenvalue weighted by atomic mass is 9.77. The molecule has 1 aliphatic rings. The summed E-state index contributed by atoms with van der Waals surface area (Å²) in [4.78, 5) is 0. The molecular formula is C37H30ClF9O2. The van der Waals surface area contributed by atoms with Gasteiger partial charge >= 0.3 is 6.11 Å². The Hall–Kier alpha value is -4.12. The molecule has 0 atom stereocenters. The highest BCUT2D eigenvalue weighted by atomic mass is 35.5. The average Bonchev–Trinajstić information content (AvgIpc) is 3.01. The van der Waals surface area contributed by atoms with Gasteiger partial charge in [-0.3, -0.25) is 0 Å². The number of hydrogen-bond donors (Lipinski definition) is 0. The highest BCUT2D eigenvalue weighted by molar-refractivity contribution is 6.33. The molecular weight excluding hydrogens is 683 g/mol. The van der Waals surface area contributed by atoms with Gasteiger partial charge in [0.2, 0.25) is 0 Å². The summed E-state index contributed by atoms with van der Waals surface area (Å²) < 4.78 is 138. The summed E-state index contributed by atoms with van der Waals surface area (Å²) in [6, 6.07) is 9.68. The minimum atomic E-state index is -4.69. The maximum absolute atomic E-state index is 15.4. The van der Waals surface area contributed by atoms with Gasteiger partial charge in [0.05, 0.1) is 11.3 Å². The molecule has 0 bridgehead atoms. The van der Waals surface area contributed by atoms with E-state index in [0.29, 0.717) is 36.5 Å². The van der Waals surface area contributed by atoms with Gasteiger partial charge in [-0.2, -0.15) is 8.78 Å². The number of alkyl halides is 4. The molecule has 1 fully saturated rings. The maximum Gasteiger partial charge on any atom is 0.432 e. The third kappa shape index (κ3) is 8.37. The highest BCUT2D eigenvalue weighted by Crippen LogP contribution is 2.42. The number of hydrogen-bond acceptors (Lipinski definition) is 2. The van der Waals surface area contributed by atoms with E-state index < -0.39 is 69.8 Å². The first kappa shape index (κ1) is 36.2. The molecule has 0 N–H and O–H groups in total. The molecule has 12 heteroatoms. The molecule has 0 saturated heterocycles. The Kier molecular flexibility index (Phi) is 11.2. The summed E-state index contributed by atoms with van der Waals surface area (Å²) in [5.41, 5.74) is -1.93. The Morgan fingerprint density at radius 3 is 2.06 bits per heavy atom. The Labute approximate surface area is 282 Å². The van der Waals surface area contributed by atoms with Gasteiger partial charge in [0.25, 0.3) is 6.43 Å². The molecule has 1 saturated carbocycles. The van der Waals surface area contributed by atoms with Gasteiger partial charge in [-0.15, -0.1) is 0 Å². The molecule has 4 aromatic carbocycles. The van der Waals surface area contributed by atoms with Crippen LogP contribution in [0.4, 0.5) is 39.5 Å². The lowest BCUT2D eigenvalue weighted by Crippen LogP contribution is -2.25. The van der Waals surface area contributed by atoms with Crippen LogP contribution in [0.5, 0.6) is 11.5 Å². The standard InChI is InChI=1S/C37H30ClF9O2/c1-2-3-20-4-6-21(7-5-20)22-8-10-26(28(39)15-22)23-14-27(38)35(30(41)16-23)24-17-31(42)36(32(43)18-24)37(46,47)49-25-9-11-33(29(40)19-25)48-13-12-34(44)45/h8-21,34H,2-7H2,1H3. The smallest absolute Gasteiger partial charge is 0.432 e. The largest absolute Gasteiger partial charge is 0.462 e. The molecule has 2 nitrogen and oxygen atoms in total. The fraction of sp³-hybridized carbons (Fsp3) is 0.297. The molecule has 0 unspecified atom stereocenters. The lowest BCUT2D eigenvalue weighted by molar-refractivity contribution is -0.189. The number of halogens is 10. The first-order valence-corrected chi connectivity index (χ1v) is 15.9. The van der Waals surface area contributed by atoms with Crippen molar-refractivity contribution in [1.82, 2.24) is 0 Å². The van der Waals surface area contributed by atoms with E-state index in [2.05, 4.69) is 16.4 Å². The Balaban J connectivity index is 1.35. The van der Waals surface area contributed by atoms with Gasteiger partial charge in [-0.25, -0.2) is 30.7 Å². The Bertz CT molecular complexity index is 1790. The number of allylic oxidation sites excluding steroid dienone is 1. The van der Waals surface area contributed by atoms with E-state index in [1.54, 1.807) is 6.07 Å². The lowest BCUT2D eigenvalue weighted by Gasteiger charge is -2.28. The Morgan fingerprint density at radius 2 is 1.47 bits per heavy atom. The minimum Gasteiger partial charge on any atom is -0.462 e. The van der Waals surface area contributed by atoms with Crippen LogP contribution < -0.4 is 9.47 Å². The minimum absolute atomic E-state index is 0.0564. The van der Waals surface area contributed by atoms with Crippen molar-refractivity contribution < 1.29 is 49.0 Å². The van der Waals surface area contributed by atoms with Crippen LogP contribution in [-0.2, 0) is 6.11 Å². The van der Waals surface area contributed by atoms with Gasteiger partial charge in [-0.05, 0) is 96.7 Å². The zero-order valence-electron chi connectivity index (χ0n) is 26.0. The highest BCUT2D eigenvalue weighted by Gasteiger charge is 2.41. The fourth-order valence-corrected chi connectivity index (χ4v) is 6.54. The predicted octanol–water partition coefficient (Wildman–Crippen LogP) is 12.7. The molecule has 0 aromatic heterocycles. The first-order valence-electron chi connectivity index (χ1n) is 15.5. The summed E-state index contributed by atoms with van der Waals surface area (Å²) in [6.07, 6.45) is -0.420. The molecule has 4 aromatic rings. The molecule has 1 aliphatic carbocycles. The van der Waals surface area contributed by atoms with Crippen molar-refractivity contribution in [3.63, 3.8) is 0 Å². The van der Waals surface area contributed by atoms with Crippen LogP contribution in [0.1, 0.15) is 62.5 Å². The first-order chi connectivity index (χ1) is 23.3. The van der Waals surface area contributed by atoms with E-state index in [9.17, 15) is 22.0 Å². The van der Waals surface area contributed by atoms with Crippen LogP contribution >= 0.6 is 11.6 Å². The zero-order valence-corrected chi connectivity index (χ0v) is 26.8. The molecule has 0 spiro atoms. The van der Waals surface area contributed by atoms with Crippen LogP contribution in [0.2, 0.25) is 5.02 Å². The predicted molar refractivity (Wildman–Crippen MR) is 168 cm³/mol. The zero-order chi connectivity index (χ0) is 35.5. The normalized spacial score (nSPS) is 16.8. The van der Waals surface area contributed by atoms with Crippen molar-refractivity contribution >= 4 is 11.6 Å². The monoisotopic (exact) mass is 712 g/mol. The van der Waals surface area contributed by atoms with E-state index in [0.717, 1.165) is 55.9 Å². The summed E-state index contributed by atoms with van der Waals surface area (Å²) in [7, 11) is 0.